The molecule has 9 nitrogen and oxygen atoms in total. The van der Waals surface area contributed by atoms with Gasteiger partial charge in [-0.3, -0.25) is 9.59 Å². The summed E-state index contributed by atoms with van der Waals surface area (Å²) in [4.78, 5) is 35.3. The molecule has 1 aliphatic heterocycles. The van der Waals surface area contributed by atoms with Crippen molar-refractivity contribution in [1.82, 2.24) is 29.8 Å². The van der Waals surface area contributed by atoms with E-state index in [9.17, 15) is 9.59 Å². The van der Waals surface area contributed by atoms with Crippen molar-refractivity contribution >= 4 is 17.6 Å². The van der Waals surface area contributed by atoms with Crippen LogP contribution in [0.5, 0.6) is 0 Å². The number of aryl methyl sites for hydroxylation is 2. The lowest BCUT2D eigenvalue weighted by Crippen LogP contribution is -2.49. The van der Waals surface area contributed by atoms with Gasteiger partial charge in [-0.15, -0.1) is 0 Å². The van der Waals surface area contributed by atoms with Crippen LogP contribution in [0.15, 0.2) is 29.1 Å². The Kier molecular flexibility index (Phi) is 5.28. The van der Waals surface area contributed by atoms with E-state index >= 15 is 0 Å². The van der Waals surface area contributed by atoms with Gasteiger partial charge in [0.1, 0.15) is 6.33 Å². The maximum Gasteiger partial charge on any atom is 0.289 e. The molecule has 0 saturated carbocycles. The predicted molar refractivity (Wildman–Crippen MR) is 104 cm³/mol. The fraction of sp³-hybridized carbons (Fsp3) is 0.450. The largest absolute Gasteiger partial charge is 0.459 e. The fourth-order valence-electron chi connectivity index (χ4n) is 3.89. The first kappa shape index (κ1) is 19.1. The highest BCUT2D eigenvalue weighted by Crippen LogP contribution is 2.17. The van der Waals surface area contributed by atoms with E-state index in [4.69, 9.17) is 4.42 Å². The molecule has 2 amide bonds. The molecule has 4 heterocycles. The number of likely N-dealkylation sites (tertiary alicyclic amines) is 1. The summed E-state index contributed by atoms with van der Waals surface area (Å²) in [7, 11) is 0. The number of nitrogens with zero attached hydrogens (tertiary/aromatic N) is 5. The summed E-state index contributed by atoms with van der Waals surface area (Å²) in [6, 6.07) is 3.31. The summed E-state index contributed by atoms with van der Waals surface area (Å²) in [5.74, 6) is 0.739. The fourth-order valence-corrected chi connectivity index (χ4v) is 3.89. The Labute approximate surface area is 168 Å². The molecule has 1 saturated heterocycles. The van der Waals surface area contributed by atoms with E-state index in [1.807, 2.05) is 13.8 Å². The Hall–Kier alpha value is -3.23. The van der Waals surface area contributed by atoms with Crippen molar-refractivity contribution < 1.29 is 14.0 Å². The van der Waals surface area contributed by atoms with Crippen LogP contribution in [0.3, 0.4) is 0 Å². The quantitative estimate of drug-likeness (QED) is 0.703. The van der Waals surface area contributed by atoms with E-state index in [1.54, 1.807) is 21.5 Å². The van der Waals surface area contributed by atoms with Crippen LogP contribution in [0.25, 0.3) is 5.78 Å². The summed E-state index contributed by atoms with van der Waals surface area (Å²) in [6.45, 7) is 5.06. The van der Waals surface area contributed by atoms with Crippen LogP contribution < -0.4 is 5.32 Å². The van der Waals surface area contributed by atoms with Crippen molar-refractivity contribution in [3.8, 4) is 0 Å². The third-order valence-electron chi connectivity index (χ3n) is 5.40. The number of carbonyl (C=O) groups is 2. The molecule has 9 heteroatoms. The summed E-state index contributed by atoms with van der Waals surface area (Å²) in [6.07, 6.45) is 5.61. The number of nitrogens with one attached hydrogen (secondary N) is 1. The van der Waals surface area contributed by atoms with Crippen LogP contribution in [-0.4, -0.2) is 55.4 Å². The van der Waals surface area contributed by atoms with Gasteiger partial charge in [-0.05, 0) is 50.8 Å². The number of carbonyl (C=O) groups excluding carboxylic acids is 2. The second-order valence-corrected chi connectivity index (χ2v) is 7.37. The Morgan fingerprint density at radius 2 is 2.21 bits per heavy atom. The molecule has 4 rings (SSSR count). The first-order valence-electron chi connectivity index (χ1n) is 9.81. The molecule has 0 bridgehead atoms. The van der Waals surface area contributed by atoms with Gasteiger partial charge in [-0.1, -0.05) is 0 Å². The van der Waals surface area contributed by atoms with Crippen molar-refractivity contribution in [2.45, 2.75) is 45.6 Å². The zero-order valence-electron chi connectivity index (χ0n) is 16.6. The van der Waals surface area contributed by atoms with Crippen LogP contribution >= 0.6 is 0 Å². The van der Waals surface area contributed by atoms with Crippen molar-refractivity contribution in [3.63, 3.8) is 0 Å². The third-order valence-corrected chi connectivity index (χ3v) is 5.40. The van der Waals surface area contributed by atoms with Gasteiger partial charge < -0.3 is 14.6 Å². The Balaban J connectivity index is 1.34. The lowest BCUT2D eigenvalue weighted by atomic mass is 10.0. The number of piperidine rings is 1. The summed E-state index contributed by atoms with van der Waals surface area (Å²) >= 11 is 0. The van der Waals surface area contributed by atoms with Gasteiger partial charge in [0.15, 0.2) is 5.76 Å². The Morgan fingerprint density at radius 1 is 1.34 bits per heavy atom. The number of rotatable bonds is 5. The second kappa shape index (κ2) is 8.02. The standard InChI is InChI=1S/C20H24N6O3/c1-13-16(14(2)26-20(23-13)21-12-22-26)7-8-18(27)24-15-5-3-9-25(11-15)19(28)17-6-4-10-29-17/h4,6,10,12,15H,3,5,7-9,11H2,1-2H3,(H,24,27). The number of hydrogen-bond acceptors (Lipinski definition) is 6. The molecular weight excluding hydrogens is 372 g/mol. The van der Waals surface area contributed by atoms with E-state index in [-0.39, 0.29) is 17.9 Å². The maximum atomic E-state index is 12.5. The van der Waals surface area contributed by atoms with Gasteiger partial charge in [0.05, 0.1) is 6.26 Å². The molecule has 1 unspecified atom stereocenters. The minimum absolute atomic E-state index is 0.0280. The molecule has 1 atom stereocenters. The van der Waals surface area contributed by atoms with Crippen LogP contribution in [0.2, 0.25) is 0 Å². The van der Waals surface area contributed by atoms with Crippen molar-refractivity contribution in [3.05, 3.63) is 47.4 Å². The summed E-state index contributed by atoms with van der Waals surface area (Å²) in [5, 5.41) is 7.26. The van der Waals surface area contributed by atoms with Gasteiger partial charge in [-0.2, -0.15) is 10.1 Å². The number of amides is 2. The normalized spacial score (nSPS) is 16.9. The van der Waals surface area contributed by atoms with Crippen molar-refractivity contribution in [2.24, 2.45) is 0 Å². The third kappa shape index (κ3) is 3.98. The first-order valence-corrected chi connectivity index (χ1v) is 9.81. The average molecular weight is 396 g/mol. The van der Waals surface area contributed by atoms with E-state index in [0.29, 0.717) is 37.5 Å². The van der Waals surface area contributed by atoms with Crippen molar-refractivity contribution in [2.75, 3.05) is 13.1 Å². The highest BCUT2D eigenvalue weighted by atomic mass is 16.3. The van der Waals surface area contributed by atoms with Gasteiger partial charge >= 0.3 is 0 Å². The summed E-state index contributed by atoms with van der Waals surface area (Å²) < 4.78 is 6.90. The highest BCUT2D eigenvalue weighted by molar-refractivity contribution is 5.91. The maximum absolute atomic E-state index is 12.5. The molecule has 0 spiro atoms. The molecule has 152 valence electrons. The van der Waals surface area contributed by atoms with Crippen LogP contribution in [0.1, 0.15) is 46.8 Å². The molecule has 3 aromatic heterocycles. The van der Waals surface area contributed by atoms with Gasteiger partial charge in [-0.25, -0.2) is 9.50 Å². The monoisotopic (exact) mass is 396 g/mol. The average Bonchev–Trinajstić information content (AvgIpc) is 3.39. The first-order chi connectivity index (χ1) is 14.0. The van der Waals surface area contributed by atoms with Gasteiger partial charge in [0.2, 0.25) is 5.91 Å². The van der Waals surface area contributed by atoms with E-state index in [2.05, 4.69) is 20.4 Å². The van der Waals surface area contributed by atoms with Crippen LogP contribution in [-0.2, 0) is 11.2 Å². The lowest BCUT2D eigenvalue weighted by Gasteiger charge is -2.32. The topological polar surface area (TPSA) is 106 Å². The second-order valence-electron chi connectivity index (χ2n) is 7.37. The molecule has 1 aliphatic rings. The number of aromatic nitrogens is 4. The molecule has 1 fully saturated rings. The Bertz CT molecular complexity index is 1030. The molecule has 1 N–H and O–H groups in total. The zero-order valence-corrected chi connectivity index (χ0v) is 16.6. The minimum Gasteiger partial charge on any atom is -0.459 e. The highest BCUT2D eigenvalue weighted by Gasteiger charge is 2.26. The van der Waals surface area contributed by atoms with Crippen LogP contribution in [0, 0.1) is 13.8 Å². The molecule has 0 radical (unpaired) electrons. The molecule has 3 aromatic rings. The SMILES string of the molecule is Cc1nc2ncnn2c(C)c1CCC(=O)NC1CCCN(C(=O)c2ccco2)C1. The van der Waals surface area contributed by atoms with E-state index in [1.165, 1.54) is 12.6 Å². The molecule has 0 aromatic carbocycles. The van der Waals surface area contributed by atoms with E-state index < -0.39 is 0 Å². The predicted octanol–water partition coefficient (Wildman–Crippen LogP) is 1.69. The minimum atomic E-state index is -0.132. The smallest absolute Gasteiger partial charge is 0.289 e. The van der Waals surface area contributed by atoms with Gasteiger partial charge in [0.25, 0.3) is 11.7 Å². The zero-order chi connectivity index (χ0) is 20.4. The number of fused-ring (bicyclic) bond motifs is 1. The molecule has 29 heavy (non-hydrogen) atoms. The van der Waals surface area contributed by atoms with Gasteiger partial charge in [0, 0.05) is 36.9 Å². The number of hydrogen-bond donors (Lipinski definition) is 1. The molecule has 0 aliphatic carbocycles. The lowest BCUT2D eigenvalue weighted by molar-refractivity contribution is -0.122. The summed E-state index contributed by atoms with van der Waals surface area (Å²) in [5.41, 5.74) is 2.82. The van der Waals surface area contributed by atoms with Crippen molar-refractivity contribution in [1.29, 1.82) is 0 Å². The molecular formula is C20H24N6O3. The van der Waals surface area contributed by atoms with Crippen LogP contribution in [0.4, 0.5) is 0 Å². The van der Waals surface area contributed by atoms with E-state index in [0.717, 1.165) is 29.8 Å². The number of furan rings is 1. The Morgan fingerprint density at radius 3 is 3.00 bits per heavy atom.